The molecule has 0 spiro atoms. The van der Waals surface area contributed by atoms with Crippen LogP contribution in [0, 0.1) is 5.82 Å². The van der Waals surface area contributed by atoms with Crippen LogP contribution in [0.4, 0.5) is 4.39 Å². The van der Waals surface area contributed by atoms with Gasteiger partial charge in [0.25, 0.3) is 0 Å². The second kappa shape index (κ2) is 6.77. The monoisotopic (exact) mass is 332 g/mol. The predicted molar refractivity (Wildman–Crippen MR) is 81.3 cm³/mol. The lowest BCUT2D eigenvalue weighted by Gasteiger charge is -2.13. The van der Waals surface area contributed by atoms with E-state index < -0.39 is 11.9 Å². The highest BCUT2D eigenvalue weighted by Crippen LogP contribution is 2.24. The molecular weight excluding hydrogens is 322 g/mol. The van der Waals surface area contributed by atoms with Crippen molar-refractivity contribution in [3.63, 3.8) is 0 Å². The Bertz CT molecular complexity index is 612. The summed E-state index contributed by atoms with van der Waals surface area (Å²) in [5, 5.41) is 11.2. The number of halogens is 4. The van der Waals surface area contributed by atoms with Gasteiger partial charge in [-0.2, -0.15) is 0 Å². The van der Waals surface area contributed by atoms with Gasteiger partial charge < -0.3 is 5.11 Å². The first-order valence-electron chi connectivity index (χ1n) is 6.02. The Kier molecular flexibility index (Phi) is 5.28. The first-order valence-corrected chi connectivity index (χ1v) is 7.15. The molecule has 106 valence electrons. The van der Waals surface area contributed by atoms with E-state index in [9.17, 15) is 9.50 Å². The molecule has 0 saturated carbocycles. The Hall–Kier alpha value is -0.800. The second-order valence-electron chi connectivity index (χ2n) is 4.51. The summed E-state index contributed by atoms with van der Waals surface area (Å²) in [6.07, 6.45) is -0.306. The summed E-state index contributed by atoms with van der Waals surface area (Å²) in [5.41, 5.74) is 1.11. The third-order valence-electron chi connectivity index (χ3n) is 2.95. The van der Waals surface area contributed by atoms with Crippen LogP contribution >= 0.6 is 34.8 Å². The lowest BCUT2D eigenvalue weighted by Crippen LogP contribution is -2.15. The van der Waals surface area contributed by atoms with Crippen molar-refractivity contribution in [1.82, 2.24) is 0 Å². The van der Waals surface area contributed by atoms with E-state index in [0.29, 0.717) is 22.0 Å². The zero-order valence-corrected chi connectivity index (χ0v) is 12.7. The summed E-state index contributed by atoms with van der Waals surface area (Å²) < 4.78 is 13.8. The van der Waals surface area contributed by atoms with Gasteiger partial charge in [-0.15, -0.1) is 0 Å². The van der Waals surface area contributed by atoms with Crippen molar-refractivity contribution in [2.45, 2.75) is 18.9 Å². The molecular formula is C15H12Cl3FO. The van der Waals surface area contributed by atoms with Crippen LogP contribution in [0.2, 0.25) is 15.1 Å². The summed E-state index contributed by atoms with van der Waals surface area (Å²) in [7, 11) is 0. The Morgan fingerprint density at radius 2 is 1.65 bits per heavy atom. The fraction of sp³-hybridized carbons (Fsp3) is 0.200. The molecule has 0 heterocycles. The molecule has 5 heteroatoms. The zero-order chi connectivity index (χ0) is 14.7. The number of hydrogen-bond acceptors (Lipinski definition) is 1. The van der Waals surface area contributed by atoms with Gasteiger partial charge in [-0.1, -0.05) is 46.9 Å². The van der Waals surface area contributed by atoms with Crippen molar-refractivity contribution < 1.29 is 9.50 Å². The average Bonchev–Trinajstić information content (AvgIpc) is 2.39. The molecule has 1 nitrogen and oxygen atoms in total. The molecule has 1 atom stereocenters. The van der Waals surface area contributed by atoms with Gasteiger partial charge in [0.15, 0.2) is 0 Å². The number of benzene rings is 2. The molecule has 1 N–H and O–H groups in total. The van der Waals surface area contributed by atoms with E-state index in [2.05, 4.69) is 0 Å². The molecule has 0 aliphatic heterocycles. The highest BCUT2D eigenvalue weighted by Gasteiger charge is 2.14. The summed E-state index contributed by atoms with van der Waals surface area (Å²) in [5.74, 6) is -0.495. The van der Waals surface area contributed by atoms with E-state index in [4.69, 9.17) is 34.8 Å². The van der Waals surface area contributed by atoms with Gasteiger partial charge in [-0.05, 0) is 35.4 Å². The maximum absolute atomic E-state index is 13.8. The minimum absolute atomic E-state index is 0.0514. The fourth-order valence-electron chi connectivity index (χ4n) is 1.99. The van der Waals surface area contributed by atoms with E-state index in [-0.39, 0.29) is 11.4 Å². The molecule has 0 bridgehead atoms. The van der Waals surface area contributed by atoms with Crippen molar-refractivity contribution >= 4 is 34.8 Å². The normalized spacial score (nSPS) is 12.4. The molecule has 0 radical (unpaired) electrons. The number of hydrogen-bond donors (Lipinski definition) is 1. The highest BCUT2D eigenvalue weighted by atomic mass is 35.5. The van der Waals surface area contributed by atoms with E-state index in [1.54, 1.807) is 30.3 Å². The fourth-order valence-corrected chi connectivity index (χ4v) is 2.57. The van der Waals surface area contributed by atoms with E-state index in [1.807, 2.05) is 0 Å². The summed E-state index contributed by atoms with van der Waals surface area (Å²) >= 11 is 17.6. The number of aliphatic hydroxyl groups is 1. The lowest BCUT2D eigenvalue weighted by atomic mass is 10.0. The third kappa shape index (κ3) is 3.86. The Labute approximate surface area is 131 Å². The van der Waals surface area contributed by atoms with Gasteiger partial charge >= 0.3 is 0 Å². The Morgan fingerprint density at radius 1 is 0.950 bits per heavy atom. The molecule has 20 heavy (non-hydrogen) atoms. The molecule has 0 saturated heterocycles. The van der Waals surface area contributed by atoms with Gasteiger partial charge in [0.05, 0.1) is 11.1 Å². The SMILES string of the molecule is OC(Cc1cc(Cl)ccc1Cl)Cc1cccc(Cl)c1F. The van der Waals surface area contributed by atoms with E-state index >= 15 is 0 Å². The van der Waals surface area contributed by atoms with Crippen LogP contribution in [0.3, 0.4) is 0 Å². The summed E-state index contributed by atoms with van der Waals surface area (Å²) in [4.78, 5) is 0. The Morgan fingerprint density at radius 3 is 2.40 bits per heavy atom. The predicted octanol–water partition coefficient (Wildman–Crippen LogP) is 4.93. The van der Waals surface area contributed by atoms with Gasteiger partial charge in [-0.3, -0.25) is 0 Å². The largest absolute Gasteiger partial charge is 0.392 e. The van der Waals surface area contributed by atoms with Crippen LogP contribution in [0.25, 0.3) is 0 Å². The number of aliphatic hydroxyl groups excluding tert-OH is 1. The van der Waals surface area contributed by atoms with Gasteiger partial charge in [0.1, 0.15) is 5.82 Å². The molecule has 0 amide bonds. The van der Waals surface area contributed by atoms with Crippen LogP contribution in [0.5, 0.6) is 0 Å². The molecule has 1 unspecified atom stereocenters. The summed E-state index contributed by atoms with van der Waals surface area (Å²) in [6.45, 7) is 0. The molecule has 0 aliphatic rings. The van der Waals surface area contributed by atoms with Crippen LogP contribution in [0.1, 0.15) is 11.1 Å². The van der Waals surface area contributed by atoms with Crippen LogP contribution in [-0.2, 0) is 12.8 Å². The first kappa shape index (κ1) is 15.6. The van der Waals surface area contributed by atoms with Crippen molar-refractivity contribution in [3.05, 3.63) is 68.4 Å². The first-order chi connectivity index (χ1) is 9.47. The average molecular weight is 334 g/mol. The van der Waals surface area contributed by atoms with Crippen molar-refractivity contribution in [2.24, 2.45) is 0 Å². The van der Waals surface area contributed by atoms with Gasteiger partial charge in [-0.25, -0.2) is 4.39 Å². The molecule has 2 aromatic carbocycles. The standard InChI is InChI=1S/C15H12Cl3FO/c16-11-4-5-13(17)10(6-11)8-12(20)7-9-2-1-3-14(18)15(9)19/h1-6,12,20H,7-8H2. The Balaban J connectivity index is 2.11. The van der Waals surface area contributed by atoms with Crippen LogP contribution < -0.4 is 0 Å². The molecule has 2 aromatic rings. The maximum Gasteiger partial charge on any atom is 0.145 e. The topological polar surface area (TPSA) is 20.2 Å². The quantitative estimate of drug-likeness (QED) is 0.841. The maximum atomic E-state index is 13.8. The lowest BCUT2D eigenvalue weighted by molar-refractivity contribution is 0.174. The zero-order valence-electron chi connectivity index (χ0n) is 10.4. The van der Waals surface area contributed by atoms with Gasteiger partial charge in [0, 0.05) is 22.9 Å². The van der Waals surface area contributed by atoms with Gasteiger partial charge in [0.2, 0.25) is 0 Å². The minimum atomic E-state index is -0.765. The molecule has 0 aliphatic carbocycles. The van der Waals surface area contributed by atoms with Crippen molar-refractivity contribution in [3.8, 4) is 0 Å². The van der Waals surface area contributed by atoms with Crippen molar-refractivity contribution in [2.75, 3.05) is 0 Å². The third-order valence-corrected chi connectivity index (χ3v) is 3.85. The second-order valence-corrected chi connectivity index (χ2v) is 5.76. The molecule has 0 aromatic heterocycles. The number of rotatable bonds is 4. The smallest absolute Gasteiger partial charge is 0.145 e. The molecule has 0 fully saturated rings. The highest BCUT2D eigenvalue weighted by molar-refractivity contribution is 6.33. The van der Waals surface area contributed by atoms with Crippen LogP contribution in [-0.4, -0.2) is 11.2 Å². The van der Waals surface area contributed by atoms with Crippen LogP contribution in [0.15, 0.2) is 36.4 Å². The van der Waals surface area contributed by atoms with Crippen molar-refractivity contribution in [1.29, 1.82) is 0 Å². The van der Waals surface area contributed by atoms with E-state index in [1.165, 1.54) is 6.07 Å². The summed E-state index contributed by atoms with van der Waals surface area (Å²) in [6, 6.07) is 9.77. The van der Waals surface area contributed by atoms with E-state index in [0.717, 1.165) is 5.56 Å². The molecule has 2 rings (SSSR count). The minimum Gasteiger partial charge on any atom is -0.392 e.